The molecule has 0 atom stereocenters. The second-order valence-corrected chi connectivity index (χ2v) is 6.56. The first-order valence-corrected chi connectivity index (χ1v) is 8.77. The van der Waals surface area contributed by atoms with Gasteiger partial charge >= 0.3 is 0 Å². The van der Waals surface area contributed by atoms with E-state index in [0.717, 1.165) is 22.4 Å². The topological polar surface area (TPSA) is 78.5 Å². The quantitative estimate of drug-likeness (QED) is 0.786. The number of hydrogen-bond donors (Lipinski definition) is 2. The minimum absolute atomic E-state index is 0.0826. The molecule has 142 valence electrons. The lowest BCUT2D eigenvalue weighted by Crippen LogP contribution is -2.41. The molecule has 2 aromatic rings. The van der Waals surface area contributed by atoms with Gasteiger partial charge in [0.1, 0.15) is 0 Å². The number of hydrogen-bond acceptors (Lipinski definition) is 3. The summed E-state index contributed by atoms with van der Waals surface area (Å²) >= 11 is 0. The normalized spacial score (nSPS) is 10.2. The molecule has 0 aliphatic rings. The van der Waals surface area contributed by atoms with Crippen molar-refractivity contribution in [2.75, 3.05) is 25.5 Å². The van der Waals surface area contributed by atoms with E-state index in [1.165, 1.54) is 11.9 Å². The van der Waals surface area contributed by atoms with E-state index in [1.54, 1.807) is 0 Å². The highest BCUT2D eigenvalue weighted by Crippen LogP contribution is 2.16. The number of nitrogens with one attached hydrogen (secondary N) is 2. The van der Waals surface area contributed by atoms with E-state index in [2.05, 4.69) is 10.6 Å². The zero-order chi connectivity index (χ0) is 19.8. The van der Waals surface area contributed by atoms with Gasteiger partial charge in [-0.15, -0.1) is 0 Å². The summed E-state index contributed by atoms with van der Waals surface area (Å²) in [5, 5.41) is 5.40. The molecule has 0 saturated carbocycles. The molecule has 2 rings (SSSR count). The maximum atomic E-state index is 12.2. The fourth-order valence-corrected chi connectivity index (χ4v) is 2.52. The van der Waals surface area contributed by atoms with Gasteiger partial charge in [0.2, 0.25) is 17.7 Å². The SMILES string of the molecule is Cc1ccc(C)c(NC(=O)CN(C)C(=O)CNC(=O)Cc2ccccc2)c1. The third-order valence-electron chi connectivity index (χ3n) is 4.12. The van der Waals surface area contributed by atoms with E-state index in [9.17, 15) is 14.4 Å². The van der Waals surface area contributed by atoms with Crippen molar-refractivity contribution in [2.45, 2.75) is 20.3 Å². The van der Waals surface area contributed by atoms with Crippen LogP contribution in [0.25, 0.3) is 0 Å². The van der Waals surface area contributed by atoms with Crippen molar-refractivity contribution in [3.63, 3.8) is 0 Å². The summed E-state index contributed by atoms with van der Waals surface area (Å²) in [5.41, 5.74) is 3.61. The Morgan fingerprint density at radius 1 is 0.963 bits per heavy atom. The molecule has 0 aliphatic carbocycles. The molecule has 0 unspecified atom stereocenters. The highest BCUT2D eigenvalue weighted by molar-refractivity contribution is 5.95. The molecule has 0 aliphatic heterocycles. The van der Waals surface area contributed by atoms with Crippen molar-refractivity contribution in [3.05, 3.63) is 65.2 Å². The van der Waals surface area contributed by atoms with Gasteiger partial charge in [0.25, 0.3) is 0 Å². The highest BCUT2D eigenvalue weighted by atomic mass is 16.2. The molecule has 0 bridgehead atoms. The van der Waals surface area contributed by atoms with Crippen LogP contribution in [0.2, 0.25) is 0 Å². The monoisotopic (exact) mass is 367 g/mol. The van der Waals surface area contributed by atoms with Crippen molar-refractivity contribution < 1.29 is 14.4 Å². The van der Waals surface area contributed by atoms with E-state index < -0.39 is 0 Å². The summed E-state index contributed by atoms with van der Waals surface area (Å²) in [6.45, 7) is 3.63. The number of likely N-dealkylation sites (N-methyl/N-ethyl adjacent to an activating group) is 1. The summed E-state index contributed by atoms with van der Waals surface area (Å²) in [5.74, 6) is -0.842. The highest BCUT2D eigenvalue weighted by Gasteiger charge is 2.15. The van der Waals surface area contributed by atoms with Gasteiger partial charge in [-0.1, -0.05) is 42.5 Å². The molecule has 0 spiro atoms. The van der Waals surface area contributed by atoms with E-state index in [-0.39, 0.29) is 37.2 Å². The van der Waals surface area contributed by atoms with Crippen molar-refractivity contribution in [2.24, 2.45) is 0 Å². The first kappa shape index (κ1) is 20.2. The smallest absolute Gasteiger partial charge is 0.243 e. The van der Waals surface area contributed by atoms with Crippen LogP contribution in [0.3, 0.4) is 0 Å². The average molecular weight is 367 g/mol. The number of carbonyl (C=O) groups is 3. The Labute approximate surface area is 159 Å². The summed E-state index contributed by atoms with van der Waals surface area (Å²) < 4.78 is 0. The molecule has 0 heterocycles. The van der Waals surface area contributed by atoms with Gasteiger partial charge in [0.15, 0.2) is 0 Å². The summed E-state index contributed by atoms with van der Waals surface area (Å²) in [6, 6.07) is 15.1. The van der Waals surface area contributed by atoms with Gasteiger partial charge in [-0.05, 0) is 36.6 Å². The number of rotatable bonds is 7. The van der Waals surface area contributed by atoms with Crippen LogP contribution >= 0.6 is 0 Å². The number of benzene rings is 2. The lowest BCUT2D eigenvalue weighted by molar-refractivity contribution is -0.134. The molecule has 0 aromatic heterocycles. The Balaban J connectivity index is 1.78. The van der Waals surface area contributed by atoms with E-state index in [1.807, 2.05) is 62.4 Å². The van der Waals surface area contributed by atoms with Gasteiger partial charge < -0.3 is 15.5 Å². The third kappa shape index (κ3) is 6.58. The number of carbonyl (C=O) groups excluding carboxylic acids is 3. The van der Waals surface area contributed by atoms with Crippen molar-refractivity contribution in [3.8, 4) is 0 Å². The van der Waals surface area contributed by atoms with E-state index in [4.69, 9.17) is 0 Å². The third-order valence-corrected chi connectivity index (χ3v) is 4.12. The van der Waals surface area contributed by atoms with Gasteiger partial charge in [-0.25, -0.2) is 0 Å². The zero-order valence-electron chi connectivity index (χ0n) is 15.9. The van der Waals surface area contributed by atoms with Crippen LogP contribution in [0, 0.1) is 13.8 Å². The van der Waals surface area contributed by atoms with Gasteiger partial charge in [0, 0.05) is 12.7 Å². The van der Waals surface area contributed by atoms with E-state index in [0.29, 0.717) is 0 Å². The van der Waals surface area contributed by atoms with Crippen LogP contribution in [-0.4, -0.2) is 42.8 Å². The Morgan fingerprint density at radius 2 is 1.67 bits per heavy atom. The molecular weight excluding hydrogens is 342 g/mol. The lowest BCUT2D eigenvalue weighted by Gasteiger charge is -2.18. The Hall–Kier alpha value is -3.15. The van der Waals surface area contributed by atoms with Crippen LogP contribution in [0.5, 0.6) is 0 Å². The molecule has 6 nitrogen and oxygen atoms in total. The van der Waals surface area contributed by atoms with E-state index >= 15 is 0 Å². The van der Waals surface area contributed by atoms with Crippen LogP contribution < -0.4 is 10.6 Å². The van der Waals surface area contributed by atoms with Crippen molar-refractivity contribution in [1.82, 2.24) is 10.2 Å². The second kappa shape index (κ2) is 9.52. The predicted octanol–water partition coefficient (Wildman–Crippen LogP) is 2.06. The Bertz CT molecular complexity index is 819. The summed E-state index contributed by atoms with van der Waals surface area (Å²) in [6.07, 6.45) is 0.213. The first-order chi connectivity index (χ1) is 12.8. The largest absolute Gasteiger partial charge is 0.347 e. The van der Waals surface area contributed by atoms with Gasteiger partial charge in [-0.3, -0.25) is 14.4 Å². The van der Waals surface area contributed by atoms with Crippen molar-refractivity contribution >= 4 is 23.4 Å². The fourth-order valence-electron chi connectivity index (χ4n) is 2.52. The molecular formula is C21H25N3O3. The molecule has 0 fully saturated rings. The maximum absolute atomic E-state index is 12.2. The standard InChI is InChI=1S/C21H25N3O3/c1-15-9-10-16(2)18(11-15)23-20(26)14-24(3)21(27)13-22-19(25)12-17-7-5-4-6-8-17/h4-11H,12-14H2,1-3H3,(H,22,25)(H,23,26). The zero-order valence-corrected chi connectivity index (χ0v) is 15.9. The van der Waals surface area contributed by atoms with Crippen LogP contribution in [0.1, 0.15) is 16.7 Å². The lowest BCUT2D eigenvalue weighted by atomic mass is 10.1. The van der Waals surface area contributed by atoms with Crippen LogP contribution in [0.4, 0.5) is 5.69 Å². The maximum Gasteiger partial charge on any atom is 0.243 e. The van der Waals surface area contributed by atoms with Crippen LogP contribution in [-0.2, 0) is 20.8 Å². The molecule has 0 saturated heterocycles. The second-order valence-electron chi connectivity index (χ2n) is 6.56. The van der Waals surface area contributed by atoms with Crippen LogP contribution in [0.15, 0.2) is 48.5 Å². The Kier molecular flexibility index (Phi) is 7.11. The number of nitrogens with zero attached hydrogens (tertiary/aromatic N) is 1. The molecule has 27 heavy (non-hydrogen) atoms. The predicted molar refractivity (Wildman–Crippen MR) is 105 cm³/mol. The molecule has 3 amide bonds. The number of aryl methyl sites for hydroxylation is 2. The average Bonchev–Trinajstić information content (AvgIpc) is 2.63. The number of anilines is 1. The molecule has 2 N–H and O–H groups in total. The van der Waals surface area contributed by atoms with Crippen molar-refractivity contribution in [1.29, 1.82) is 0 Å². The summed E-state index contributed by atoms with van der Waals surface area (Å²) in [4.78, 5) is 37.5. The minimum atomic E-state index is -0.326. The van der Waals surface area contributed by atoms with Gasteiger partial charge in [0.05, 0.1) is 19.5 Å². The molecule has 0 radical (unpaired) electrons. The molecule has 6 heteroatoms. The summed E-state index contributed by atoms with van der Waals surface area (Å²) in [7, 11) is 1.54. The molecule has 2 aromatic carbocycles. The Morgan fingerprint density at radius 3 is 2.37 bits per heavy atom. The fraction of sp³-hybridized carbons (Fsp3) is 0.286. The number of amides is 3. The minimum Gasteiger partial charge on any atom is -0.347 e. The first-order valence-electron chi connectivity index (χ1n) is 8.77. The van der Waals surface area contributed by atoms with Gasteiger partial charge in [-0.2, -0.15) is 0 Å².